The summed E-state index contributed by atoms with van der Waals surface area (Å²) in [5.41, 5.74) is 2.83. The molecule has 0 bridgehead atoms. The zero-order valence-corrected chi connectivity index (χ0v) is 14.6. The minimum absolute atomic E-state index is 0.272. The molecule has 0 aliphatic heterocycles. The first-order valence-corrected chi connectivity index (χ1v) is 8.55. The predicted octanol–water partition coefficient (Wildman–Crippen LogP) is 3.96. The molecule has 6 heteroatoms. The van der Waals surface area contributed by atoms with E-state index in [9.17, 15) is 4.79 Å². The number of amides is 1. The number of rotatable bonds is 7. The van der Waals surface area contributed by atoms with E-state index in [1.807, 2.05) is 30.3 Å². The topological polar surface area (TPSA) is 87.9 Å². The summed E-state index contributed by atoms with van der Waals surface area (Å²) in [5, 5.41) is 11.3. The van der Waals surface area contributed by atoms with Crippen molar-refractivity contribution in [1.82, 2.24) is 9.97 Å². The summed E-state index contributed by atoms with van der Waals surface area (Å²) in [7, 11) is 0. The van der Waals surface area contributed by atoms with Gasteiger partial charge in [-0.15, -0.1) is 0 Å². The summed E-state index contributed by atoms with van der Waals surface area (Å²) in [4.78, 5) is 20.9. The molecule has 134 valence electrons. The number of carbonyl (C=O) groups excluding carboxylic acids is 1. The number of benzene rings is 2. The van der Waals surface area contributed by atoms with Gasteiger partial charge in [-0.2, -0.15) is 5.26 Å². The second-order valence-corrected chi connectivity index (χ2v) is 5.74. The number of nitriles is 1. The molecule has 0 aliphatic rings. The van der Waals surface area contributed by atoms with Crippen molar-refractivity contribution in [3.63, 3.8) is 0 Å². The number of carbonyl (C=O) groups is 1. The SMILES string of the molecule is N#CCCCOc1cccc(NC(=O)C=Cc2cnc3ccccc3n2)c1. The molecule has 2 aromatic carbocycles. The van der Waals surface area contributed by atoms with Crippen molar-refractivity contribution in [2.75, 3.05) is 11.9 Å². The number of unbranched alkanes of at least 4 members (excludes halogenated alkanes) is 1. The summed E-state index contributed by atoms with van der Waals surface area (Å²) in [6.07, 6.45) is 5.79. The van der Waals surface area contributed by atoms with Gasteiger partial charge in [0.2, 0.25) is 5.91 Å². The highest BCUT2D eigenvalue weighted by molar-refractivity contribution is 6.01. The van der Waals surface area contributed by atoms with Gasteiger partial charge in [0.15, 0.2) is 0 Å². The molecule has 0 radical (unpaired) electrons. The van der Waals surface area contributed by atoms with Crippen LogP contribution < -0.4 is 10.1 Å². The molecule has 0 aliphatic carbocycles. The van der Waals surface area contributed by atoms with E-state index in [1.165, 1.54) is 6.08 Å². The maximum absolute atomic E-state index is 12.1. The van der Waals surface area contributed by atoms with Gasteiger partial charge in [0.25, 0.3) is 0 Å². The molecule has 6 nitrogen and oxygen atoms in total. The second-order valence-electron chi connectivity index (χ2n) is 5.74. The largest absolute Gasteiger partial charge is 0.493 e. The molecule has 3 aromatic rings. The van der Waals surface area contributed by atoms with Crippen molar-refractivity contribution in [2.24, 2.45) is 0 Å². The second kappa shape index (κ2) is 9.11. The fraction of sp³-hybridized carbons (Fsp3) is 0.143. The van der Waals surface area contributed by atoms with Crippen LogP contribution in [0.1, 0.15) is 18.5 Å². The molecule has 3 rings (SSSR count). The lowest BCUT2D eigenvalue weighted by molar-refractivity contribution is -0.111. The summed E-state index contributed by atoms with van der Waals surface area (Å²) < 4.78 is 5.56. The molecular weight excluding hydrogens is 340 g/mol. The molecule has 0 unspecified atom stereocenters. The molecule has 1 aromatic heterocycles. The van der Waals surface area contributed by atoms with Gasteiger partial charge in [-0.25, -0.2) is 4.98 Å². The van der Waals surface area contributed by atoms with E-state index in [1.54, 1.807) is 30.5 Å². The zero-order chi connectivity index (χ0) is 18.9. The average molecular weight is 358 g/mol. The lowest BCUT2D eigenvalue weighted by atomic mass is 10.2. The van der Waals surface area contributed by atoms with Crippen molar-refractivity contribution in [1.29, 1.82) is 5.26 Å². The number of ether oxygens (including phenoxy) is 1. The van der Waals surface area contributed by atoms with E-state index in [0.717, 1.165) is 11.0 Å². The van der Waals surface area contributed by atoms with Gasteiger partial charge in [-0.1, -0.05) is 18.2 Å². The third-order valence-electron chi connectivity index (χ3n) is 3.68. The van der Waals surface area contributed by atoms with Gasteiger partial charge in [0, 0.05) is 24.3 Å². The van der Waals surface area contributed by atoms with Crippen LogP contribution in [0.25, 0.3) is 17.1 Å². The number of aromatic nitrogens is 2. The van der Waals surface area contributed by atoms with Crippen molar-refractivity contribution >= 4 is 28.7 Å². The highest BCUT2D eigenvalue weighted by Crippen LogP contribution is 2.18. The number of hydrogen-bond donors (Lipinski definition) is 1. The smallest absolute Gasteiger partial charge is 0.248 e. The molecule has 0 fully saturated rings. The maximum Gasteiger partial charge on any atom is 0.248 e. The average Bonchev–Trinajstić information content (AvgIpc) is 2.70. The number of hydrogen-bond acceptors (Lipinski definition) is 5. The number of nitrogens with zero attached hydrogens (tertiary/aromatic N) is 3. The first-order chi connectivity index (χ1) is 13.2. The Bertz CT molecular complexity index is 1010. The lowest BCUT2D eigenvalue weighted by Gasteiger charge is -2.07. The minimum atomic E-state index is -0.272. The van der Waals surface area contributed by atoms with Crippen LogP contribution in [0.2, 0.25) is 0 Å². The third-order valence-corrected chi connectivity index (χ3v) is 3.68. The Morgan fingerprint density at radius 1 is 1.19 bits per heavy atom. The van der Waals surface area contributed by atoms with Crippen molar-refractivity contribution in [2.45, 2.75) is 12.8 Å². The Morgan fingerprint density at radius 2 is 2.04 bits per heavy atom. The fourth-order valence-corrected chi connectivity index (χ4v) is 2.40. The molecular formula is C21H18N4O2. The molecule has 1 heterocycles. The quantitative estimate of drug-likeness (QED) is 0.510. The highest BCUT2D eigenvalue weighted by atomic mass is 16.5. The van der Waals surface area contributed by atoms with Crippen LogP contribution in [0.5, 0.6) is 5.75 Å². The van der Waals surface area contributed by atoms with Gasteiger partial charge in [-0.3, -0.25) is 9.78 Å². The minimum Gasteiger partial charge on any atom is -0.493 e. The standard InChI is InChI=1S/C21H18N4O2/c22-12-3-4-13-27-18-7-5-6-16(14-18)25-21(26)11-10-17-15-23-19-8-1-2-9-20(19)24-17/h1-2,5-11,14-15H,3-4,13H2,(H,25,26). The highest BCUT2D eigenvalue weighted by Gasteiger charge is 2.02. The molecule has 1 N–H and O–H groups in total. The fourth-order valence-electron chi connectivity index (χ4n) is 2.40. The van der Waals surface area contributed by atoms with E-state index < -0.39 is 0 Å². The Hall–Kier alpha value is -3.72. The van der Waals surface area contributed by atoms with Crippen LogP contribution in [0.3, 0.4) is 0 Å². The van der Waals surface area contributed by atoms with Crippen LogP contribution in [-0.4, -0.2) is 22.5 Å². The van der Waals surface area contributed by atoms with Crippen LogP contribution in [0.4, 0.5) is 5.69 Å². The molecule has 0 saturated carbocycles. The summed E-state index contributed by atoms with van der Waals surface area (Å²) in [5.74, 6) is 0.377. The number of anilines is 1. The lowest BCUT2D eigenvalue weighted by Crippen LogP contribution is -2.08. The van der Waals surface area contributed by atoms with E-state index in [-0.39, 0.29) is 5.91 Å². The van der Waals surface area contributed by atoms with Gasteiger partial charge in [0.1, 0.15) is 5.75 Å². The number of para-hydroxylation sites is 2. The molecule has 0 atom stereocenters. The van der Waals surface area contributed by atoms with Crippen LogP contribution in [0, 0.1) is 11.3 Å². The van der Waals surface area contributed by atoms with Crippen LogP contribution >= 0.6 is 0 Å². The number of fused-ring (bicyclic) bond motifs is 1. The molecule has 1 amide bonds. The Kier molecular flexibility index (Phi) is 6.10. The van der Waals surface area contributed by atoms with Gasteiger partial charge < -0.3 is 10.1 Å². The number of nitrogens with one attached hydrogen (secondary N) is 1. The van der Waals surface area contributed by atoms with Gasteiger partial charge >= 0.3 is 0 Å². The maximum atomic E-state index is 12.1. The van der Waals surface area contributed by atoms with Crippen molar-refractivity contribution in [3.8, 4) is 11.8 Å². The summed E-state index contributed by atoms with van der Waals surface area (Å²) in [6, 6.07) is 16.8. The predicted molar refractivity (Wildman–Crippen MR) is 104 cm³/mol. The van der Waals surface area contributed by atoms with Gasteiger partial charge in [0.05, 0.1) is 35.6 Å². The van der Waals surface area contributed by atoms with Crippen molar-refractivity contribution in [3.05, 3.63) is 66.5 Å². The summed E-state index contributed by atoms with van der Waals surface area (Å²) >= 11 is 0. The van der Waals surface area contributed by atoms with Crippen LogP contribution in [-0.2, 0) is 4.79 Å². The third kappa shape index (κ3) is 5.38. The zero-order valence-electron chi connectivity index (χ0n) is 14.6. The first kappa shape index (κ1) is 18.1. The van der Waals surface area contributed by atoms with Crippen LogP contribution in [0.15, 0.2) is 60.8 Å². The first-order valence-electron chi connectivity index (χ1n) is 8.55. The molecule has 27 heavy (non-hydrogen) atoms. The van der Waals surface area contributed by atoms with E-state index in [2.05, 4.69) is 21.4 Å². The Morgan fingerprint density at radius 3 is 2.89 bits per heavy atom. The molecule has 0 saturated heterocycles. The van der Waals surface area contributed by atoms with E-state index in [4.69, 9.17) is 10.00 Å². The van der Waals surface area contributed by atoms with Crippen molar-refractivity contribution < 1.29 is 9.53 Å². The normalized spacial score (nSPS) is 10.6. The Labute approximate surface area is 157 Å². The van der Waals surface area contributed by atoms with Gasteiger partial charge in [-0.05, 0) is 36.8 Å². The van der Waals surface area contributed by atoms with E-state index in [0.29, 0.717) is 36.6 Å². The monoisotopic (exact) mass is 358 g/mol. The summed E-state index contributed by atoms with van der Waals surface area (Å²) in [6.45, 7) is 0.464. The Balaban J connectivity index is 1.59. The van der Waals surface area contributed by atoms with E-state index >= 15 is 0 Å². The molecule has 0 spiro atoms.